The maximum Gasteiger partial charge on any atom is 0.0632 e. The Hall–Kier alpha value is -1.63. The highest BCUT2D eigenvalue weighted by Gasteiger charge is 1.94. The van der Waals surface area contributed by atoms with Crippen LogP contribution in [-0.2, 0) is 0 Å². The topological polar surface area (TPSA) is 12.9 Å². The number of hydrogen-bond donors (Lipinski definition) is 0. The van der Waals surface area contributed by atoms with Gasteiger partial charge in [-0.15, -0.1) is 0 Å². The minimum Gasteiger partial charge on any atom is -0.256 e. The highest BCUT2D eigenvalue weighted by atomic mass is 14.7. The molecule has 0 aliphatic heterocycles. The Morgan fingerprint density at radius 3 is 2.59 bits per heavy atom. The van der Waals surface area contributed by atoms with Gasteiger partial charge in [-0.25, -0.2) is 0 Å². The first-order valence-electron chi connectivity index (χ1n) is 5.77. The molecule has 0 radical (unpaired) electrons. The quantitative estimate of drug-likeness (QED) is 0.724. The molecule has 1 aromatic carbocycles. The molecule has 0 fully saturated rings. The summed E-state index contributed by atoms with van der Waals surface area (Å²) in [4.78, 5) is 4.42. The van der Waals surface area contributed by atoms with E-state index in [1.54, 1.807) is 0 Å². The molecular formula is C16H21N. The number of allylic oxidation sites excluding steroid dienone is 1. The van der Waals surface area contributed by atoms with Crippen molar-refractivity contribution in [3.63, 3.8) is 0 Å². The van der Waals surface area contributed by atoms with Crippen molar-refractivity contribution in [1.29, 1.82) is 0 Å². The highest BCUT2D eigenvalue weighted by Crippen LogP contribution is 2.14. The molecule has 0 bridgehead atoms. The van der Waals surface area contributed by atoms with Crippen molar-refractivity contribution in [2.75, 3.05) is 0 Å². The number of aromatic nitrogens is 1. The molecule has 1 aromatic heterocycles. The van der Waals surface area contributed by atoms with Crippen LogP contribution < -0.4 is 0 Å². The van der Waals surface area contributed by atoms with Crippen molar-refractivity contribution in [2.45, 2.75) is 27.7 Å². The van der Waals surface area contributed by atoms with E-state index in [1.807, 2.05) is 12.3 Å². The molecule has 0 atom stereocenters. The fourth-order valence-corrected chi connectivity index (χ4v) is 1.65. The number of benzene rings is 1. The van der Waals surface area contributed by atoms with E-state index >= 15 is 0 Å². The normalized spacial score (nSPS) is 11.0. The predicted octanol–water partition coefficient (Wildman–Crippen LogP) is 4.93. The Morgan fingerprint density at radius 2 is 1.88 bits per heavy atom. The first-order chi connectivity index (χ1) is 7.75. The maximum absolute atomic E-state index is 4.42. The minimum absolute atomic E-state index is 0. The second-order valence-corrected chi connectivity index (χ2v) is 4.49. The Balaban J connectivity index is 0.00000144. The van der Waals surface area contributed by atoms with Gasteiger partial charge in [0.15, 0.2) is 0 Å². The molecule has 2 rings (SSSR count). The Morgan fingerprint density at radius 1 is 1.18 bits per heavy atom. The van der Waals surface area contributed by atoms with Gasteiger partial charge >= 0.3 is 0 Å². The van der Waals surface area contributed by atoms with Crippen LogP contribution in [0.4, 0.5) is 0 Å². The van der Waals surface area contributed by atoms with Crippen LogP contribution in [0.1, 0.15) is 33.4 Å². The van der Waals surface area contributed by atoms with Crippen LogP contribution in [0.3, 0.4) is 0 Å². The van der Waals surface area contributed by atoms with Crippen LogP contribution in [0.5, 0.6) is 0 Å². The van der Waals surface area contributed by atoms with Gasteiger partial charge in [-0.3, -0.25) is 4.98 Å². The maximum atomic E-state index is 4.42. The number of pyridine rings is 1. The summed E-state index contributed by atoms with van der Waals surface area (Å²) in [6, 6.07) is 10.4. The standard InChI is InChI=1S/C15H17N.CH4/c1-12(2)6-5-9-15-10-13-7-3-4-8-14(13)11-16-15;/h3-5,7-12H,6H2,1-2H3;1H4/b9-5+;. The van der Waals surface area contributed by atoms with Crippen LogP contribution in [0.15, 0.2) is 42.6 Å². The fraction of sp³-hybridized carbons (Fsp3) is 0.312. The zero-order valence-corrected chi connectivity index (χ0v) is 9.85. The molecule has 1 heterocycles. The lowest BCUT2D eigenvalue weighted by atomic mass is 10.1. The van der Waals surface area contributed by atoms with Gasteiger partial charge in [-0.1, -0.05) is 51.6 Å². The zero-order chi connectivity index (χ0) is 11.4. The predicted molar refractivity (Wildman–Crippen MR) is 77.0 cm³/mol. The van der Waals surface area contributed by atoms with E-state index in [1.165, 1.54) is 10.8 Å². The van der Waals surface area contributed by atoms with Crippen molar-refractivity contribution >= 4 is 16.8 Å². The van der Waals surface area contributed by atoms with Gasteiger partial charge in [-0.2, -0.15) is 0 Å². The third kappa shape index (κ3) is 3.70. The SMILES string of the molecule is C.CC(C)C/C=C/c1cc2ccccc2cn1. The van der Waals surface area contributed by atoms with Crippen LogP contribution in [0.2, 0.25) is 0 Å². The molecule has 0 unspecified atom stereocenters. The molecule has 0 saturated carbocycles. The minimum atomic E-state index is 0. The van der Waals surface area contributed by atoms with Crippen LogP contribution >= 0.6 is 0 Å². The van der Waals surface area contributed by atoms with Crippen LogP contribution in [-0.4, -0.2) is 4.98 Å². The smallest absolute Gasteiger partial charge is 0.0632 e. The van der Waals surface area contributed by atoms with Crippen LogP contribution in [0, 0.1) is 5.92 Å². The van der Waals surface area contributed by atoms with Gasteiger partial charge in [0, 0.05) is 11.6 Å². The van der Waals surface area contributed by atoms with Gasteiger partial charge in [0.1, 0.15) is 0 Å². The number of hydrogen-bond acceptors (Lipinski definition) is 1. The third-order valence-corrected chi connectivity index (χ3v) is 2.55. The average molecular weight is 227 g/mol. The third-order valence-electron chi connectivity index (χ3n) is 2.55. The highest BCUT2D eigenvalue weighted by molar-refractivity contribution is 5.82. The molecule has 2 aromatic rings. The lowest BCUT2D eigenvalue weighted by Gasteiger charge is -1.99. The second kappa shape index (κ2) is 6.19. The lowest BCUT2D eigenvalue weighted by molar-refractivity contribution is 0.665. The monoisotopic (exact) mass is 227 g/mol. The molecule has 0 aliphatic carbocycles. The zero-order valence-electron chi connectivity index (χ0n) is 9.85. The summed E-state index contributed by atoms with van der Waals surface area (Å²) in [5, 5.41) is 2.45. The van der Waals surface area contributed by atoms with E-state index in [-0.39, 0.29) is 7.43 Å². The second-order valence-electron chi connectivity index (χ2n) is 4.49. The van der Waals surface area contributed by atoms with E-state index < -0.39 is 0 Å². The summed E-state index contributed by atoms with van der Waals surface area (Å²) in [5.74, 6) is 0.705. The first kappa shape index (κ1) is 13.4. The summed E-state index contributed by atoms with van der Waals surface area (Å²) in [6.45, 7) is 4.44. The van der Waals surface area contributed by atoms with Gasteiger partial charge in [0.25, 0.3) is 0 Å². The lowest BCUT2D eigenvalue weighted by Crippen LogP contribution is -1.83. The number of nitrogens with zero attached hydrogens (tertiary/aromatic N) is 1. The van der Waals surface area contributed by atoms with E-state index in [4.69, 9.17) is 0 Å². The van der Waals surface area contributed by atoms with E-state index in [9.17, 15) is 0 Å². The van der Waals surface area contributed by atoms with Crippen molar-refractivity contribution in [3.05, 3.63) is 48.3 Å². The molecule has 0 saturated heterocycles. The summed E-state index contributed by atoms with van der Waals surface area (Å²) in [7, 11) is 0. The molecule has 1 nitrogen and oxygen atoms in total. The molecule has 0 amide bonds. The largest absolute Gasteiger partial charge is 0.256 e. The number of rotatable bonds is 3. The van der Waals surface area contributed by atoms with Gasteiger partial charge in [0.05, 0.1) is 5.69 Å². The van der Waals surface area contributed by atoms with Gasteiger partial charge in [-0.05, 0) is 29.9 Å². The molecular weight excluding hydrogens is 206 g/mol. The van der Waals surface area contributed by atoms with Gasteiger partial charge < -0.3 is 0 Å². The van der Waals surface area contributed by atoms with E-state index in [0.29, 0.717) is 5.92 Å². The molecule has 90 valence electrons. The average Bonchev–Trinajstić information content (AvgIpc) is 2.28. The number of fused-ring (bicyclic) bond motifs is 1. The summed E-state index contributed by atoms with van der Waals surface area (Å²) in [6.07, 6.45) is 7.34. The van der Waals surface area contributed by atoms with Crippen LogP contribution in [0.25, 0.3) is 16.8 Å². The summed E-state index contributed by atoms with van der Waals surface area (Å²) < 4.78 is 0. The van der Waals surface area contributed by atoms with Crippen molar-refractivity contribution in [2.24, 2.45) is 5.92 Å². The Bertz CT molecular complexity index is 498. The fourth-order valence-electron chi connectivity index (χ4n) is 1.65. The van der Waals surface area contributed by atoms with E-state index in [0.717, 1.165) is 12.1 Å². The molecule has 0 aliphatic rings. The molecule has 0 N–H and O–H groups in total. The molecule has 0 spiro atoms. The van der Waals surface area contributed by atoms with Crippen molar-refractivity contribution in [1.82, 2.24) is 4.98 Å². The Kier molecular flexibility index (Phi) is 4.89. The van der Waals surface area contributed by atoms with E-state index in [2.05, 4.69) is 55.2 Å². The molecule has 1 heteroatoms. The van der Waals surface area contributed by atoms with Crippen molar-refractivity contribution in [3.8, 4) is 0 Å². The summed E-state index contributed by atoms with van der Waals surface area (Å²) >= 11 is 0. The van der Waals surface area contributed by atoms with Crippen molar-refractivity contribution < 1.29 is 0 Å². The van der Waals surface area contributed by atoms with Gasteiger partial charge in [0.2, 0.25) is 0 Å². The first-order valence-corrected chi connectivity index (χ1v) is 5.77. The molecule has 17 heavy (non-hydrogen) atoms. The summed E-state index contributed by atoms with van der Waals surface area (Å²) in [5.41, 5.74) is 1.04. The Labute approximate surface area is 104 Å².